The molecule has 0 aliphatic carbocycles. The Hall–Kier alpha value is -4.21. The molecule has 3 rings (SSSR count). The van der Waals surface area contributed by atoms with E-state index in [-0.39, 0.29) is 19.0 Å². The van der Waals surface area contributed by atoms with Crippen LogP contribution in [0.25, 0.3) is 11.1 Å². The van der Waals surface area contributed by atoms with Gasteiger partial charge in [0, 0.05) is 24.2 Å². The number of carbonyl (C=O) groups is 3. The normalized spacial score (nSPS) is 11.3. The van der Waals surface area contributed by atoms with Crippen LogP contribution < -0.4 is 26.2 Å². The SMILES string of the molecule is COc1ccccc1CNCC(=O)NC[C@H](NC(=O)c1ccc(-c2ccccc2)cc1)C(=O)NO. The summed E-state index contributed by atoms with van der Waals surface area (Å²) in [5, 5.41) is 17.2. The number of hydrogen-bond acceptors (Lipinski definition) is 6. The third kappa shape index (κ3) is 7.39. The van der Waals surface area contributed by atoms with Crippen molar-refractivity contribution in [2.24, 2.45) is 0 Å². The Morgan fingerprint density at radius 1 is 0.886 bits per heavy atom. The zero-order valence-corrected chi connectivity index (χ0v) is 19.3. The lowest BCUT2D eigenvalue weighted by Gasteiger charge is -2.18. The molecule has 1 atom stereocenters. The molecule has 0 aromatic heterocycles. The zero-order chi connectivity index (χ0) is 25.0. The highest BCUT2D eigenvalue weighted by atomic mass is 16.5. The van der Waals surface area contributed by atoms with Crippen molar-refractivity contribution < 1.29 is 24.3 Å². The third-order valence-corrected chi connectivity index (χ3v) is 5.28. The van der Waals surface area contributed by atoms with Crippen LogP contribution in [0.5, 0.6) is 5.75 Å². The molecular formula is C26H28N4O5. The van der Waals surface area contributed by atoms with Gasteiger partial charge in [0.05, 0.1) is 13.7 Å². The Morgan fingerprint density at radius 2 is 1.54 bits per heavy atom. The summed E-state index contributed by atoms with van der Waals surface area (Å²) < 4.78 is 5.27. The molecule has 0 heterocycles. The summed E-state index contributed by atoms with van der Waals surface area (Å²) in [5.74, 6) is -1.03. The van der Waals surface area contributed by atoms with Crippen molar-refractivity contribution in [3.05, 3.63) is 90.0 Å². The minimum absolute atomic E-state index is 0.0135. The smallest absolute Gasteiger partial charge is 0.267 e. The van der Waals surface area contributed by atoms with Gasteiger partial charge in [-0.1, -0.05) is 60.7 Å². The van der Waals surface area contributed by atoms with Crippen LogP contribution in [-0.2, 0) is 16.1 Å². The topological polar surface area (TPSA) is 129 Å². The van der Waals surface area contributed by atoms with Crippen LogP contribution in [0.3, 0.4) is 0 Å². The number of methoxy groups -OCH3 is 1. The summed E-state index contributed by atoms with van der Waals surface area (Å²) in [5.41, 5.74) is 4.71. The zero-order valence-electron chi connectivity index (χ0n) is 19.3. The van der Waals surface area contributed by atoms with Crippen molar-refractivity contribution in [3.8, 4) is 16.9 Å². The molecule has 182 valence electrons. The van der Waals surface area contributed by atoms with E-state index >= 15 is 0 Å². The lowest BCUT2D eigenvalue weighted by Crippen LogP contribution is -2.52. The number of hydrogen-bond donors (Lipinski definition) is 5. The number of nitrogens with one attached hydrogen (secondary N) is 4. The van der Waals surface area contributed by atoms with E-state index < -0.39 is 17.9 Å². The Bertz CT molecular complexity index is 1140. The van der Waals surface area contributed by atoms with Gasteiger partial charge in [-0.15, -0.1) is 0 Å². The molecule has 9 heteroatoms. The molecule has 0 aliphatic heterocycles. The molecule has 3 aromatic carbocycles. The quantitative estimate of drug-likeness (QED) is 0.212. The van der Waals surface area contributed by atoms with Crippen LogP contribution in [0, 0.1) is 0 Å². The van der Waals surface area contributed by atoms with Gasteiger partial charge < -0.3 is 20.7 Å². The number of hydroxylamine groups is 1. The van der Waals surface area contributed by atoms with Crippen molar-refractivity contribution in [2.45, 2.75) is 12.6 Å². The monoisotopic (exact) mass is 476 g/mol. The Balaban J connectivity index is 1.51. The van der Waals surface area contributed by atoms with Gasteiger partial charge in [0.25, 0.3) is 11.8 Å². The fourth-order valence-corrected chi connectivity index (χ4v) is 3.41. The second kappa shape index (κ2) is 12.9. The van der Waals surface area contributed by atoms with Crippen molar-refractivity contribution in [1.29, 1.82) is 0 Å². The Morgan fingerprint density at radius 3 is 2.23 bits per heavy atom. The van der Waals surface area contributed by atoms with E-state index in [1.807, 2.05) is 54.6 Å². The summed E-state index contributed by atoms with van der Waals surface area (Å²) in [6, 6.07) is 22.9. The fourth-order valence-electron chi connectivity index (χ4n) is 3.41. The summed E-state index contributed by atoms with van der Waals surface area (Å²) in [6.45, 7) is 0.198. The average molecular weight is 477 g/mol. The van der Waals surface area contributed by atoms with Crippen molar-refractivity contribution in [2.75, 3.05) is 20.2 Å². The van der Waals surface area contributed by atoms with Crippen LogP contribution in [0.2, 0.25) is 0 Å². The van der Waals surface area contributed by atoms with E-state index in [9.17, 15) is 14.4 Å². The van der Waals surface area contributed by atoms with Gasteiger partial charge in [-0.05, 0) is 29.3 Å². The van der Waals surface area contributed by atoms with E-state index in [4.69, 9.17) is 9.94 Å². The molecule has 0 spiro atoms. The number of ether oxygens (including phenoxy) is 1. The van der Waals surface area contributed by atoms with Crippen LogP contribution in [0.1, 0.15) is 15.9 Å². The van der Waals surface area contributed by atoms with E-state index in [1.54, 1.807) is 31.4 Å². The summed E-state index contributed by atoms with van der Waals surface area (Å²) in [7, 11) is 1.57. The van der Waals surface area contributed by atoms with Crippen molar-refractivity contribution >= 4 is 17.7 Å². The molecule has 0 bridgehead atoms. The predicted octanol–water partition coefficient (Wildman–Crippen LogP) is 1.87. The van der Waals surface area contributed by atoms with Crippen LogP contribution in [-0.4, -0.2) is 49.2 Å². The largest absolute Gasteiger partial charge is 0.496 e. The number of para-hydroxylation sites is 1. The first-order valence-corrected chi connectivity index (χ1v) is 11.0. The maximum Gasteiger partial charge on any atom is 0.267 e. The lowest BCUT2D eigenvalue weighted by atomic mass is 10.0. The molecule has 35 heavy (non-hydrogen) atoms. The first-order valence-electron chi connectivity index (χ1n) is 11.0. The van der Waals surface area contributed by atoms with Gasteiger partial charge in [0.2, 0.25) is 5.91 Å². The Labute approximate surface area is 203 Å². The van der Waals surface area contributed by atoms with Crippen molar-refractivity contribution in [1.82, 2.24) is 21.4 Å². The minimum atomic E-state index is -1.17. The van der Waals surface area contributed by atoms with Crippen molar-refractivity contribution in [3.63, 3.8) is 0 Å². The number of amides is 3. The van der Waals surface area contributed by atoms with Gasteiger partial charge in [-0.2, -0.15) is 0 Å². The molecule has 0 fully saturated rings. The standard InChI is InChI=1S/C26H28N4O5/c1-35-23-10-6-5-9-21(23)15-27-17-24(31)28-16-22(26(33)30-34)29-25(32)20-13-11-19(12-14-20)18-7-3-2-4-8-18/h2-14,22,27,34H,15-17H2,1H3,(H,28,31)(H,29,32)(H,30,33)/t22-/m0/s1. The second-order valence-corrected chi connectivity index (χ2v) is 7.66. The highest BCUT2D eigenvalue weighted by Gasteiger charge is 2.22. The van der Waals surface area contributed by atoms with E-state index in [0.29, 0.717) is 17.9 Å². The first kappa shape index (κ1) is 25.4. The second-order valence-electron chi connectivity index (χ2n) is 7.66. The molecule has 0 unspecified atom stereocenters. The highest BCUT2D eigenvalue weighted by molar-refractivity contribution is 5.98. The molecule has 0 radical (unpaired) electrons. The molecule has 3 aromatic rings. The molecular weight excluding hydrogens is 448 g/mol. The van der Waals surface area contributed by atoms with E-state index in [0.717, 1.165) is 16.7 Å². The molecule has 3 amide bonds. The average Bonchev–Trinajstić information content (AvgIpc) is 2.91. The molecule has 0 aliphatic rings. The summed E-state index contributed by atoms with van der Waals surface area (Å²) in [4.78, 5) is 36.9. The fraction of sp³-hybridized carbons (Fsp3) is 0.192. The van der Waals surface area contributed by atoms with Crippen LogP contribution in [0.4, 0.5) is 0 Å². The Kier molecular flexibility index (Phi) is 9.35. The summed E-state index contributed by atoms with van der Waals surface area (Å²) in [6.07, 6.45) is 0. The van der Waals surface area contributed by atoms with Gasteiger partial charge in [0.15, 0.2) is 0 Å². The van der Waals surface area contributed by atoms with Gasteiger partial charge >= 0.3 is 0 Å². The summed E-state index contributed by atoms with van der Waals surface area (Å²) >= 11 is 0. The van der Waals surface area contributed by atoms with Gasteiger partial charge in [-0.25, -0.2) is 5.48 Å². The maximum atomic E-state index is 12.6. The number of benzene rings is 3. The number of carbonyl (C=O) groups excluding carboxylic acids is 3. The van der Waals surface area contributed by atoms with E-state index in [1.165, 1.54) is 5.48 Å². The first-order chi connectivity index (χ1) is 17.0. The predicted molar refractivity (Wildman–Crippen MR) is 131 cm³/mol. The molecule has 5 N–H and O–H groups in total. The molecule has 0 saturated heterocycles. The maximum absolute atomic E-state index is 12.6. The molecule has 9 nitrogen and oxygen atoms in total. The van der Waals surface area contributed by atoms with Crippen LogP contribution >= 0.6 is 0 Å². The lowest BCUT2D eigenvalue weighted by molar-refractivity contribution is -0.131. The van der Waals surface area contributed by atoms with Crippen LogP contribution in [0.15, 0.2) is 78.9 Å². The van der Waals surface area contributed by atoms with Gasteiger partial charge in [-0.3, -0.25) is 19.6 Å². The molecule has 0 saturated carbocycles. The highest BCUT2D eigenvalue weighted by Crippen LogP contribution is 2.19. The third-order valence-electron chi connectivity index (χ3n) is 5.28. The minimum Gasteiger partial charge on any atom is -0.496 e. The number of rotatable bonds is 11. The van der Waals surface area contributed by atoms with Gasteiger partial charge in [0.1, 0.15) is 11.8 Å². The van der Waals surface area contributed by atoms with E-state index in [2.05, 4.69) is 16.0 Å².